The fourth-order valence-electron chi connectivity index (χ4n) is 1.94. The van der Waals surface area contributed by atoms with Gasteiger partial charge in [-0.2, -0.15) is 0 Å². The first-order valence-corrected chi connectivity index (χ1v) is 6.42. The normalized spacial score (nSPS) is 10.9. The highest BCUT2D eigenvalue weighted by atomic mass is 35.5. The van der Waals surface area contributed by atoms with Crippen molar-refractivity contribution in [2.24, 2.45) is 0 Å². The maximum Gasteiger partial charge on any atom is 0.417 e. The van der Waals surface area contributed by atoms with Crippen LogP contribution in [0.1, 0.15) is 15.9 Å². The molecule has 0 atom stereocenters. The molecular formula is C14H7Cl2NO3. The van der Waals surface area contributed by atoms with Gasteiger partial charge in [-0.25, -0.2) is 4.79 Å². The molecule has 0 saturated carbocycles. The van der Waals surface area contributed by atoms with Gasteiger partial charge >= 0.3 is 5.76 Å². The first kappa shape index (κ1) is 13.0. The molecule has 100 valence electrons. The number of aromatic amines is 1. The van der Waals surface area contributed by atoms with Gasteiger partial charge in [0, 0.05) is 21.2 Å². The van der Waals surface area contributed by atoms with Gasteiger partial charge in [-0.3, -0.25) is 9.78 Å². The highest BCUT2D eigenvalue weighted by Gasteiger charge is 2.13. The zero-order chi connectivity index (χ0) is 14.3. The number of H-pyrrole nitrogens is 1. The molecule has 0 bridgehead atoms. The second kappa shape index (κ2) is 4.81. The van der Waals surface area contributed by atoms with Crippen molar-refractivity contribution in [3.05, 3.63) is 68.1 Å². The molecule has 0 unspecified atom stereocenters. The molecule has 1 N–H and O–H groups in total. The van der Waals surface area contributed by atoms with Gasteiger partial charge in [-0.15, -0.1) is 0 Å². The predicted octanol–water partition coefficient (Wildman–Crippen LogP) is 3.66. The number of halogens is 2. The number of ketones is 1. The van der Waals surface area contributed by atoms with Gasteiger partial charge in [0.15, 0.2) is 11.4 Å². The fraction of sp³-hybridized carbons (Fsp3) is 0. The van der Waals surface area contributed by atoms with Crippen molar-refractivity contribution in [3.63, 3.8) is 0 Å². The molecule has 0 aliphatic heterocycles. The summed E-state index contributed by atoms with van der Waals surface area (Å²) in [6, 6.07) is 9.34. The summed E-state index contributed by atoms with van der Waals surface area (Å²) in [5.41, 5.74) is 1.63. The van der Waals surface area contributed by atoms with Crippen LogP contribution in [0.15, 0.2) is 45.6 Å². The molecule has 0 aliphatic rings. The first-order chi connectivity index (χ1) is 9.52. The van der Waals surface area contributed by atoms with Crippen LogP contribution >= 0.6 is 23.2 Å². The fourth-order valence-corrected chi connectivity index (χ4v) is 2.46. The third-order valence-electron chi connectivity index (χ3n) is 2.81. The van der Waals surface area contributed by atoms with Crippen LogP contribution in [0.4, 0.5) is 0 Å². The van der Waals surface area contributed by atoms with Crippen molar-refractivity contribution in [3.8, 4) is 0 Å². The Labute approximate surface area is 122 Å². The van der Waals surface area contributed by atoms with E-state index in [4.69, 9.17) is 27.6 Å². The third kappa shape index (κ3) is 2.35. The number of fused-ring (bicyclic) bond motifs is 1. The number of hydrogen-bond acceptors (Lipinski definition) is 3. The summed E-state index contributed by atoms with van der Waals surface area (Å²) in [6.07, 6.45) is 0. The minimum absolute atomic E-state index is 0.250. The lowest BCUT2D eigenvalue weighted by Crippen LogP contribution is -2.01. The van der Waals surface area contributed by atoms with E-state index < -0.39 is 5.76 Å². The average Bonchev–Trinajstić information content (AvgIpc) is 2.75. The lowest BCUT2D eigenvalue weighted by molar-refractivity contribution is 0.103. The van der Waals surface area contributed by atoms with E-state index in [1.54, 1.807) is 18.2 Å². The second-order valence-electron chi connectivity index (χ2n) is 4.21. The number of nitrogens with one attached hydrogen (secondary N) is 1. The predicted molar refractivity (Wildman–Crippen MR) is 76.7 cm³/mol. The van der Waals surface area contributed by atoms with Gasteiger partial charge in [-0.05, 0) is 36.4 Å². The van der Waals surface area contributed by atoms with E-state index in [9.17, 15) is 9.59 Å². The summed E-state index contributed by atoms with van der Waals surface area (Å²) >= 11 is 11.8. The summed E-state index contributed by atoms with van der Waals surface area (Å²) in [4.78, 5) is 25.9. The molecule has 1 heterocycles. The van der Waals surface area contributed by atoms with E-state index in [-0.39, 0.29) is 5.78 Å². The minimum Gasteiger partial charge on any atom is -0.408 e. The lowest BCUT2D eigenvalue weighted by Gasteiger charge is -2.03. The van der Waals surface area contributed by atoms with E-state index in [2.05, 4.69) is 4.98 Å². The average molecular weight is 308 g/mol. The second-order valence-corrected chi connectivity index (χ2v) is 5.09. The number of carbonyl (C=O) groups excluding carboxylic acids is 1. The Kier molecular flexibility index (Phi) is 3.12. The molecular weight excluding hydrogens is 301 g/mol. The van der Waals surface area contributed by atoms with Crippen molar-refractivity contribution in [1.29, 1.82) is 0 Å². The van der Waals surface area contributed by atoms with Crippen LogP contribution < -0.4 is 5.76 Å². The lowest BCUT2D eigenvalue weighted by atomic mass is 10.0. The van der Waals surface area contributed by atoms with Crippen LogP contribution in [-0.2, 0) is 0 Å². The van der Waals surface area contributed by atoms with E-state index in [1.807, 2.05) is 0 Å². The molecule has 0 fully saturated rings. The van der Waals surface area contributed by atoms with Gasteiger partial charge in [0.05, 0.1) is 5.52 Å². The monoisotopic (exact) mass is 307 g/mol. The van der Waals surface area contributed by atoms with E-state index in [0.29, 0.717) is 32.3 Å². The largest absolute Gasteiger partial charge is 0.417 e. The standard InChI is InChI=1S/C14H7Cl2NO3/c15-9-3-8(4-10(16)6-9)13(18)7-1-2-11-12(5-7)20-14(19)17-11/h1-6H,(H,17,19). The van der Waals surface area contributed by atoms with Crippen molar-refractivity contribution < 1.29 is 9.21 Å². The Morgan fingerprint density at radius 2 is 1.70 bits per heavy atom. The molecule has 3 rings (SSSR count). The molecule has 0 amide bonds. The topological polar surface area (TPSA) is 63.1 Å². The molecule has 0 spiro atoms. The summed E-state index contributed by atoms with van der Waals surface area (Å²) < 4.78 is 4.93. The molecule has 6 heteroatoms. The quantitative estimate of drug-likeness (QED) is 0.735. The van der Waals surface area contributed by atoms with E-state index in [0.717, 1.165) is 0 Å². The smallest absolute Gasteiger partial charge is 0.408 e. The molecule has 0 saturated heterocycles. The first-order valence-electron chi connectivity index (χ1n) is 5.66. The van der Waals surface area contributed by atoms with Crippen LogP contribution in [0.5, 0.6) is 0 Å². The van der Waals surface area contributed by atoms with Gasteiger partial charge in [-0.1, -0.05) is 23.2 Å². The van der Waals surface area contributed by atoms with Gasteiger partial charge in [0.2, 0.25) is 0 Å². The Morgan fingerprint density at radius 1 is 1.00 bits per heavy atom. The number of hydrogen-bond donors (Lipinski definition) is 1. The zero-order valence-electron chi connectivity index (χ0n) is 9.94. The summed E-state index contributed by atoms with van der Waals surface area (Å²) in [6.45, 7) is 0. The van der Waals surface area contributed by atoms with Crippen LogP contribution in [0.2, 0.25) is 10.0 Å². The maximum absolute atomic E-state index is 12.4. The van der Waals surface area contributed by atoms with Gasteiger partial charge in [0.1, 0.15) is 0 Å². The van der Waals surface area contributed by atoms with Crippen LogP contribution in [0.25, 0.3) is 11.1 Å². The van der Waals surface area contributed by atoms with E-state index in [1.165, 1.54) is 18.2 Å². The third-order valence-corrected chi connectivity index (χ3v) is 3.24. The van der Waals surface area contributed by atoms with Crippen LogP contribution in [0.3, 0.4) is 0 Å². The van der Waals surface area contributed by atoms with Crippen molar-refractivity contribution >= 4 is 40.1 Å². The Balaban J connectivity index is 2.09. The molecule has 3 aromatic rings. The summed E-state index contributed by atoms with van der Waals surface area (Å²) in [5, 5.41) is 0.769. The number of oxazole rings is 1. The zero-order valence-corrected chi connectivity index (χ0v) is 11.5. The van der Waals surface area contributed by atoms with Crippen molar-refractivity contribution in [1.82, 2.24) is 4.98 Å². The molecule has 4 nitrogen and oxygen atoms in total. The minimum atomic E-state index is -0.560. The molecule has 0 radical (unpaired) electrons. The number of aromatic nitrogens is 1. The van der Waals surface area contributed by atoms with Crippen LogP contribution in [0, 0.1) is 0 Å². The van der Waals surface area contributed by atoms with Gasteiger partial charge in [0.25, 0.3) is 0 Å². The molecule has 20 heavy (non-hydrogen) atoms. The Hall–Kier alpha value is -2.04. The SMILES string of the molecule is O=C(c1cc(Cl)cc(Cl)c1)c1ccc2[nH]c(=O)oc2c1. The highest BCUT2D eigenvalue weighted by Crippen LogP contribution is 2.22. The van der Waals surface area contributed by atoms with Crippen molar-refractivity contribution in [2.45, 2.75) is 0 Å². The van der Waals surface area contributed by atoms with E-state index >= 15 is 0 Å². The number of benzene rings is 2. The number of carbonyl (C=O) groups is 1. The Morgan fingerprint density at radius 3 is 2.40 bits per heavy atom. The maximum atomic E-state index is 12.4. The molecule has 1 aromatic heterocycles. The van der Waals surface area contributed by atoms with Crippen molar-refractivity contribution in [2.75, 3.05) is 0 Å². The summed E-state index contributed by atoms with van der Waals surface area (Å²) in [7, 11) is 0. The highest BCUT2D eigenvalue weighted by molar-refractivity contribution is 6.35. The molecule has 0 aliphatic carbocycles. The Bertz CT molecular complexity index is 859. The number of rotatable bonds is 2. The van der Waals surface area contributed by atoms with Gasteiger partial charge < -0.3 is 4.42 Å². The molecule has 2 aromatic carbocycles. The summed E-state index contributed by atoms with van der Waals surface area (Å²) in [5.74, 6) is -0.810. The van der Waals surface area contributed by atoms with Crippen LogP contribution in [-0.4, -0.2) is 10.8 Å².